The van der Waals surface area contributed by atoms with Gasteiger partial charge >= 0.3 is 0 Å². The summed E-state index contributed by atoms with van der Waals surface area (Å²) in [5.74, 6) is 0.498. The molecule has 112 valence electrons. The molecule has 0 aliphatic rings. The van der Waals surface area contributed by atoms with Gasteiger partial charge in [0.2, 0.25) is 0 Å². The highest BCUT2D eigenvalue weighted by Gasteiger charge is 2.23. The number of amides is 1. The highest BCUT2D eigenvalue weighted by molar-refractivity contribution is 6.33. The minimum absolute atomic E-state index is 0.143. The third kappa shape index (κ3) is 4.15. The molecule has 0 saturated heterocycles. The van der Waals surface area contributed by atoms with Crippen LogP contribution < -0.4 is 5.32 Å². The van der Waals surface area contributed by atoms with Crippen LogP contribution in [0.15, 0.2) is 6.20 Å². The molecule has 20 heavy (non-hydrogen) atoms. The van der Waals surface area contributed by atoms with Crippen molar-refractivity contribution < 1.29 is 4.79 Å². The molecule has 1 heterocycles. The summed E-state index contributed by atoms with van der Waals surface area (Å²) in [6, 6.07) is 0. The molecule has 0 fully saturated rings. The van der Waals surface area contributed by atoms with E-state index in [4.69, 9.17) is 11.6 Å². The van der Waals surface area contributed by atoms with Crippen molar-refractivity contribution in [3.8, 4) is 0 Å². The zero-order valence-corrected chi connectivity index (χ0v) is 13.7. The molecule has 1 N–H and O–H groups in total. The molecular formula is C14H23ClN4O. The second-order valence-corrected chi connectivity index (χ2v) is 6.38. The van der Waals surface area contributed by atoms with Crippen LogP contribution in [0.4, 0.5) is 0 Å². The molecule has 0 aliphatic carbocycles. The number of hydrogen-bond acceptors (Lipinski definition) is 4. The summed E-state index contributed by atoms with van der Waals surface area (Å²) < 4.78 is 0. The second-order valence-electron chi connectivity index (χ2n) is 5.97. The number of carbonyl (C=O) groups excluding carboxylic acids is 1. The quantitative estimate of drug-likeness (QED) is 0.906. The summed E-state index contributed by atoms with van der Waals surface area (Å²) in [4.78, 5) is 22.6. The molecular weight excluding hydrogens is 276 g/mol. The van der Waals surface area contributed by atoms with Gasteiger partial charge in [0, 0.05) is 18.0 Å². The van der Waals surface area contributed by atoms with Crippen LogP contribution in [0.1, 0.15) is 49.9 Å². The summed E-state index contributed by atoms with van der Waals surface area (Å²) in [5.41, 5.74) is 0.0932. The number of nitrogens with zero attached hydrogens (tertiary/aromatic N) is 3. The predicted octanol–water partition coefficient (Wildman–Crippen LogP) is 2.32. The highest BCUT2D eigenvalue weighted by atomic mass is 35.5. The maximum atomic E-state index is 12.2. The van der Waals surface area contributed by atoms with Crippen molar-refractivity contribution in [3.05, 3.63) is 22.7 Å². The lowest BCUT2D eigenvalue weighted by Crippen LogP contribution is -2.48. The van der Waals surface area contributed by atoms with Gasteiger partial charge in [-0.05, 0) is 27.9 Å². The normalized spacial score (nSPS) is 12.1. The summed E-state index contributed by atoms with van der Waals surface area (Å²) in [6.07, 6.45) is 1.48. The van der Waals surface area contributed by atoms with Gasteiger partial charge < -0.3 is 10.2 Å². The van der Waals surface area contributed by atoms with Crippen molar-refractivity contribution >= 4 is 17.5 Å². The van der Waals surface area contributed by atoms with Crippen molar-refractivity contribution in [1.82, 2.24) is 20.2 Å². The minimum Gasteiger partial charge on any atom is -0.349 e. The molecule has 5 nitrogen and oxygen atoms in total. The van der Waals surface area contributed by atoms with Crippen LogP contribution >= 0.6 is 11.6 Å². The predicted molar refractivity (Wildman–Crippen MR) is 81.2 cm³/mol. The molecule has 0 radical (unpaired) electrons. The number of nitrogens with one attached hydrogen (secondary N) is 1. The molecule has 0 bridgehead atoms. The number of likely N-dealkylation sites (N-methyl/N-ethyl adjacent to an activating group) is 1. The summed E-state index contributed by atoms with van der Waals surface area (Å²) in [5, 5.41) is 3.14. The van der Waals surface area contributed by atoms with Crippen molar-refractivity contribution in [3.63, 3.8) is 0 Å². The first kappa shape index (κ1) is 16.9. The van der Waals surface area contributed by atoms with Gasteiger partial charge in [-0.3, -0.25) is 4.79 Å². The van der Waals surface area contributed by atoms with Gasteiger partial charge in [0.1, 0.15) is 11.5 Å². The zero-order chi connectivity index (χ0) is 15.5. The first-order valence-electron chi connectivity index (χ1n) is 6.63. The minimum atomic E-state index is -0.269. The Labute approximate surface area is 125 Å². The van der Waals surface area contributed by atoms with Crippen LogP contribution in [-0.2, 0) is 0 Å². The van der Waals surface area contributed by atoms with E-state index in [2.05, 4.69) is 34.0 Å². The number of rotatable bonds is 5. The largest absolute Gasteiger partial charge is 0.349 e. The van der Waals surface area contributed by atoms with Crippen LogP contribution in [0.5, 0.6) is 0 Å². The number of hydrogen-bond donors (Lipinski definition) is 1. The summed E-state index contributed by atoms with van der Waals surface area (Å²) >= 11 is 6.01. The second kappa shape index (κ2) is 6.50. The van der Waals surface area contributed by atoms with Gasteiger partial charge in [-0.15, -0.1) is 0 Å². The first-order chi connectivity index (χ1) is 9.15. The standard InChI is InChI=1S/C14H23ClN4O/c1-9(2)12-16-7-10(15)11(18-12)13(20)17-8-14(3,4)19(5)6/h7,9H,8H2,1-6H3,(H,17,20). The van der Waals surface area contributed by atoms with E-state index < -0.39 is 0 Å². The Bertz CT molecular complexity index is 486. The number of carbonyl (C=O) groups is 1. The van der Waals surface area contributed by atoms with E-state index in [1.54, 1.807) is 0 Å². The van der Waals surface area contributed by atoms with Crippen molar-refractivity contribution in [1.29, 1.82) is 0 Å². The Morgan fingerprint density at radius 3 is 2.55 bits per heavy atom. The van der Waals surface area contributed by atoms with E-state index in [0.29, 0.717) is 12.4 Å². The lowest BCUT2D eigenvalue weighted by Gasteiger charge is -2.32. The summed E-state index contributed by atoms with van der Waals surface area (Å²) in [6.45, 7) is 8.55. The molecule has 0 spiro atoms. The third-order valence-corrected chi connectivity index (χ3v) is 3.66. The molecule has 6 heteroatoms. The Morgan fingerprint density at radius 1 is 1.45 bits per heavy atom. The SMILES string of the molecule is CC(C)c1ncc(Cl)c(C(=O)NCC(C)(C)N(C)C)n1. The van der Waals surface area contributed by atoms with Crippen LogP contribution in [0.2, 0.25) is 5.02 Å². The first-order valence-corrected chi connectivity index (χ1v) is 7.01. The van der Waals surface area contributed by atoms with Crippen molar-refractivity contribution in [2.24, 2.45) is 0 Å². The summed E-state index contributed by atoms with van der Waals surface area (Å²) in [7, 11) is 3.95. The maximum Gasteiger partial charge on any atom is 0.271 e. The lowest BCUT2D eigenvalue weighted by atomic mass is 10.0. The lowest BCUT2D eigenvalue weighted by molar-refractivity contribution is 0.0914. The molecule has 0 unspecified atom stereocenters. The van der Waals surface area contributed by atoms with Crippen molar-refractivity contribution in [2.45, 2.75) is 39.2 Å². The zero-order valence-electron chi connectivity index (χ0n) is 13.0. The van der Waals surface area contributed by atoms with E-state index >= 15 is 0 Å². The fourth-order valence-corrected chi connectivity index (χ4v) is 1.53. The Kier molecular flexibility index (Phi) is 5.48. The van der Waals surface area contributed by atoms with E-state index in [0.717, 1.165) is 0 Å². The van der Waals surface area contributed by atoms with Crippen LogP contribution in [0.25, 0.3) is 0 Å². The van der Waals surface area contributed by atoms with Gasteiger partial charge in [0.15, 0.2) is 0 Å². The van der Waals surface area contributed by atoms with Crippen LogP contribution in [-0.4, -0.2) is 47.0 Å². The molecule has 1 amide bonds. The average molecular weight is 299 g/mol. The van der Waals surface area contributed by atoms with Gasteiger partial charge in [0.05, 0.1) is 11.2 Å². The molecule has 1 aromatic heterocycles. The Hall–Kier alpha value is -1.20. The maximum absolute atomic E-state index is 12.2. The Morgan fingerprint density at radius 2 is 2.05 bits per heavy atom. The molecule has 0 atom stereocenters. The molecule has 0 aromatic carbocycles. The molecule has 1 aromatic rings. The average Bonchev–Trinajstić information content (AvgIpc) is 2.36. The van der Waals surface area contributed by atoms with E-state index in [1.165, 1.54) is 6.20 Å². The fraction of sp³-hybridized carbons (Fsp3) is 0.643. The van der Waals surface area contributed by atoms with Gasteiger partial charge in [0.25, 0.3) is 5.91 Å². The monoisotopic (exact) mass is 298 g/mol. The van der Waals surface area contributed by atoms with E-state index in [-0.39, 0.29) is 28.1 Å². The molecule has 0 aliphatic heterocycles. The molecule has 0 saturated carbocycles. The fourth-order valence-electron chi connectivity index (χ4n) is 1.36. The third-order valence-electron chi connectivity index (χ3n) is 3.39. The Balaban J connectivity index is 2.85. The van der Waals surface area contributed by atoms with Gasteiger partial charge in [-0.1, -0.05) is 25.4 Å². The van der Waals surface area contributed by atoms with Crippen molar-refractivity contribution in [2.75, 3.05) is 20.6 Å². The van der Waals surface area contributed by atoms with Gasteiger partial charge in [-0.2, -0.15) is 0 Å². The van der Waals surface area contributed by atoms with E-state index in [9.17, 15) is 4.79 Å². The van der Waals surface area contributed by atoms with Crippen LogP contribution in [0.3, 0.4) is 0 Å². The van der Waals surface area contributed by atoms with E-state index in [1.807, 2.05) is 27.9 Å². The highest BCUT2D eigenvalue weighted by Crippen LogP contribution is 2.16. The van der Waals surface area contributed by atoms with Gasteiger partial charge in [-0.25, -0.2) is 9.97 Å². The topological polar surface area (TPSA) is 58.1 Å². The molecule has 1 rings (SSSR count). The van der Waals surface area contributed by atoms with Crippen LogP contribution in [0, 0.1) is 0 Å². The smallest absolute Gasteiger partial charge is 0.271 e. The number of halogens is 1. The number of aromatic nitrogens is 2.